The van der Waals surface area contributed by atoms with Gasteiger partial charge in [0.1, 0.15) is 17.2 Å². The van der Waals surface area contributed by atoms with Crippen LogP contribution in [0, 0.1) is 5.41 Å². The molecule has 4 nitrogen and oxygen atoms in total. The Kier molecular flexibility index (Phi) is 1.81. The molecule has 5 heteroatoms. The highest BCUT2D eigenvalue weighted by molar-refractivity contribution is 8.15. The number of hydrogen-bond donors (Lipinski definition) is 2. The average Bonchev–Trinajstić information content (AvgIpc) is 2.43. The van der Waals surface area contributed by atoms with Gasteiger partial charge >= 0.3 is 0 Å². The summed E-state index contributed by atoms with van der Waals surface area (Å²) >= 11 is 1.32. The van der Waals surface area contributed by atoms with E-state index in [4.69, 9.17) is 11.1 Å². The third-order valence-electron chi connectivity index (χ3n) is 1.82. The van der Waals surface area contributed by atoms with E-state index in [1.807, 2.05) is 13.0 Å². The zero-order valence-electron chi connectivity index (χ0n) is 7.03. The molecule has 2 rings (SSSR count). The fourth-order valence-electron chi connectivity index (χ4n) is 1.21. The number of nitrogens with two attached hydrogens (primary N) is 1. The molecule has 0 saturated carbocycles. The molecule has 2 heterocycles. The molecule has 0 amide bonds. The number of aromatic nitrogens is 2. The van der Waals surface area contributed by atoms with Crippen molar-refractivity contribution < 1.29 is 0 Å². The van der Waals surface area contributed by atoms with E-state index >= 15 is 0 Å². The Balaban J connectivity index is 2.67. The lowest BCUT2D eigenvalue weighted by atomic mass is 10.2. The zero-order chi connectivity index (χ0) is 9.42. The van der Waals surface area contributed by atoms with Gasteiger partial charge in [-0.1, -0.05) is 17.8 Å². The van der Waals surface area contributed by atoms with E-state index in [0.717, 1.165) is 16.2 Å². The summed E-state index contributed by atoms with van der Waals surface area (Å²) in [5.74, 6) is 0.455. The summed E-state index contributed by atoms with van der Waals surface area (Å²) in [6.07, 6.45) is 3.30. The van der Waals surface area contributed by atoms with Crippen LogP contribution < -0.4 is 5.73 Å². The highest BCUT2D eigenvalue weighted by atomic mass is 32.2. The first-order chi connectivity index (χ1) is 6.24. The summed E-state index contributed by atoms with van der Waals surface area (Å²) in [5, 5.41) is 8.15. The van der Waals surface area contributed by atoms with Crippen LogP contribution in [-0.4, -0.2) is 15.0 Å². The number of allylic oxidation sites excluding steroid dienone is 1. The number of thioether (sulfide) groups is 1. The molecular formula is C8H8N4S. The Morgan fingerprint density at radius 2 is 2.31 bits per heavy atom. The Morgan fingerprint density at radius 3 is 3.00 bits per heavy atom. The van der Waals surface area contributed by atoms with Crippen LogP contribution in [-0.2, 0) is 0 Å². The van der Waals surface area contributed by atoms with Gasteiger partial charge in [0.15, 0.2) is 0 Å². The minimum Gasteiger partial charge on any atom is -0.383 e. The van der Waals surface area contributed by atoms with Crippen molar-refractivity contribution in [1.82, 2.24) is 9.97 Å². The number of nitrogens with one attached hydrogen (secondary N) is 1. The fraction of sp³-hybridized carbons (Fsp3) is 0.125. The van der Waals surface area contributed by atoms with E-state index in [1.54, 1.807) is 0 Å². The first-order valence-electron chi connectivity index (χ1n) is 3.78. The fourth-order valence-corrected chi connectivity index (χ4v) is 2.16. The molecule has 0 radical (unpaired) electrons. The van der Waals surface area contributed by atoms with Crippen LogP contribution in [0.3, 0.4) is 0 Å². The quantitative estimate of drug-likeness (QED) is 0.653. The van der Waals surface area contributed by atoms with Gasteiger partial charge in [-0.05, 0) is 6.92 Å². The van der Waals surface area contributed by atoms with Crippen LogP contribution in [0.15, 0.2) is 17.3 Å². The van der Waals surface area contributed by atoms with E-state index in [-0.39, 0.29) is 0 Å². The molecule has 1 aromatic rings. The number of nitrogens with zero attached hydrogens (tertiary/aromatic N) is 2. The standard InChI is InChI=1S/C8H8N4S/c1-2-4-5-6(13-8(4)10)7(9)12-3-11-5/h2-3,10H,1H3,(H2,9,11,12)/b4-2+,10-8?. The van der Waals surface area contributed by atoms with Gasteiger partial charge in [-0.15, -0.1) is 0 Å². The summed E-state index contributed by atoms with van der Waals surface area (Å²) in [5.41, 5.74) is 7.28. The molecule has 0 bridgehead atoms. The first-order valence-corrected chi connectivity index (χ1v) is 4.59. The largest absolute Gasteiger partial charge is 0.383 e. The van der Waals surface area contributed by atoms with Gasteiger partial charge in [0.25, 0.3) is 0 Å². The molecule has 0 unspecified atom stereocenters. The number of fused-ring (bicyclic) bond motifs is 1. The molecule has 1 aliphatic rings. The van der Waals surface area contributed by atoms with Gasteiger partial charge in [-0.2, -0.15) is 0 Å². The Bertz CT molecular complexity index is 411. The minimum absolute atomic E-state index is 0.455. The summed E-state index contributed by atoms with van der Waals surface area (Å²) in [6, 6.07) is 0. The molecule has 1 aromatic heterocycles. The summed E-state index contributed by atoms with van der Waals surface area (Å²) in [4.78, 5) is 8.78. The maximum Gasteiger partial charge on any atom is 0.141 e. The Labute approximate surface area is 79.8 Å². The number of rotatable bonds is 0. The van der Waals surface area contributed by atoms with Crippen molar-refractivity contribution in [3.8, 4) is 0 Å². The summed E-state index contributed by atoms with van der Waals surface area (Å²) in [6.45, 7) is 1.89. The minimum atomic E-state index is 0.455. The maximum atomic E-state index is 7.66. The molecule has 0 aromatic carbocycles. The third kappa shape index (κ3) is 1.12. The van der Waals surface area contributed by atoms with Crippen LogP contribution in [0.25, 0.3) is 5.57 Å². The molecule has 0 aliphatic carbocycles. The molecule has 0 fully saturated rings. The molecule has 13 heavy (non-hydrogen) atoms. The van der Waals surface area contributed by atoms with Crippen LogP contribution in [0.2, 0.25) is 0 Å². The number of nitrogen functional groups attached to an aromatic ring is 1. The van der Waals surface area contributed by atoms with Crippen molar-refractivity contribution in [1.29, 1.82) is 5.41 Å². The van der Waals surface area contributed by atoms with E-state index in [0.29, 0.717) is 10.9 Å². The molecule has 0 saturated heterocycles. The van der Waals surface area contributed by atoms with E-state index < -0.39 is 0 Å². The molecule has 0 spiro atoms. The number of hydrogen-bond acceptors (Lipinski definition) is 5. The van der Waals surface area contributed by atoms with Crippen molar-refractivity contribution in [2.45, 2.75) is 11.8 Å². The van der Waals surface area contributed by atoms with Crippen molar-refractivity contribution in [2.24, 2.45) is 0 Å². The second kappa shape index (κ2) is 2.85. The lowest BCUT2D eigenvalue weighted by molar-refractivity contribution is 1.09. The first kappa shape index (κ1) is 8.25. The Hall–Kier alpha value is -1.36. The van der Waals surface area contributed by atoms with Gasteiger partial charge in [-0.3, -0.25) is 5.41 Å². The van der Waals surface area contributed by atoms with Crippen molar-refractivity contribution in [3.05, 3.63) is 18.1 Å². The van der Waals surface area contributed by atoms with Gasteiger partial charge < -0.3 is 5.73 Å². The molecule has 1 aliphatic heterocycles. The third-order valence-corrected chi connectivity index (χ3v) is 2.85. The van der Waals surface area contributed by atoms with Gasteiger partial charge in [0.2, 0.25) is 0 Å². The highest BCUT2D eigenvalue weighted by Crippen LogP contribution is 2.41. The summed E-state index contributed by atoms with van der Waals surface area (Å²) in [7, 11) is 0. The SMILES string of the molecule is C/C=C1/C(=N)Sc2c(N)ncnc21. The van der Waals surface area contributed by atoms with Gasteiger partial charge in [-0.25, -0.2) is 9.97 Å². The normalized spacial score (nSPS) is 17.9. The zero-order valence-corrected chi connectivity index (χ0v) is 7.85. The predicted molar refractivity (Wildman–Crippen MR) is 53.7 cm³/mol. The van der Waals surface area contributed by atoms with Crippen molar-refractivity contribution in [3.63, 3.8) is 0 Å². The van der Waals surface area contributed by atoms with Crippen molar-refractivity contribution >= 4 is 28.2 Å². The predicted octanol–water partition coefficient (Wildman–Crippen LogP) is 1.55. The lowest BCUT2D eigenvalue weighted by Crippen LogP contribution is -1.95. The maximum absolute atomic E-state index is 7.66. The van der Waals surface area contributed by atoms with E-state index in [9.17, 15) is 0 Å². The lowest BCUT2D eigenvalue weighted by Gasteiger charge is -1.97. The second-order valence-corrected chi connectivity index (χ2v) is 3.59. The monoisotopic (exact) mass is 192 g/mol. The van der Waals surface area contributed by atoms with Crippen LogP contribution in [0.5, 0.6) is 0 Å². The van der Waals surface area contributed by atoms with Crippen molar-refractivity contribution in [2.75, 3.05) is 5.73 Å². The molecule has 3 N–H and O–H groups in total. The number of anilines is 1. The van der Waals surface area contributed by atoms with Crippen LogP contribution in [0.1, 0.15) is 12.6 Å². The average molecular weight is 192 g/mol. The highest BCUT2D eigenvalue weighted by Gasteiger charge is 2.25. The van der Waals surface area contributed by atoms with Crippen LogP contribution in [0.4, 0.5) is 5.82 Å². The molecule has 66 valence electrons. The van der Waals surface area contributed by atoms with E-state index in [1.165, 1.54) is 18.1 Å². The molecule has 0 atom stereocenters. The topological polar surface area (TPSA) is 75.7 Å². The second-order valence-electron chi connectivity index (χ2n) is 2.57. The molecular weight excluding hydrogens is 184 g/mol. The van der Waals surface area contributed by atoms with Crippen LogP contribution >= 0.6 is 11.8 Å². The Morgan fingerprint density at radius 1 is 1.54 bits per heavy atom. The van der Waals surface area contributed by atoms with E-state index in [2.05, 4.69) is 9.97 Å². The summed E-state index contributed by atoms with van der Waals surface area (Å²) < 4.78 is 0. The smallest absolute Gasteiger partial charge is 0.141 e. The van der Waals surface area contributed by atoms with Gasteiger partial charge in [0.05, 0.1) is 10.6 Å². The van der Waals surface area contributed by atoms with Gasteiger partial charge in [0, 0.05) is 5.57 Å².